The number of aliphatic hydroxyl groups is 1. The van der Waals surface area contributed by atoms with Crippen LogP contribution in [0.15, 0.2) is 42.6 Å². The normalized spacial score (nSPS) is 10.5. The quantitative estimate of drug-likeness (QED) is 0.730. The summed E-state index contributed by atoms with van der Waals surface area (Å²) in [6.07, 6.45) is 5.48. The molecule has 0 radical (unpaired) electrons. The van der Waals surface area contributed by atoms with Crippen molar-refractivity contribution in [1.82, 2.24) is 5.32 Å². The van der Waals surface area contributed by atoms with E-state index in [4.69, 9.17) is 9.84 Å². The fraction of sp³-hybridized carbons (Fsp3) is 0.357. The van der Waals surface area contributed by atoms with Crippen molar-refractivity contribution in [3.05, 3.63) is 48.2 Å². The number of carbonyl (C=O) groups excluding carboxylic acids is 1. The predicted molar refractivity (Wildman–Crippen MR) is 69.8 cm³/mol. The maximum Gasteiger partial charge on any atom is 0.411 e. The van der Waals surface area contributed by atoms with Gasteiger partial charge in [-0.3, -0.25) is 5.32 Å². The van der Waals surface area contributed by atoms with E-state index < -0.39 is 6.09 Å². The summed E-state index contributed by atoms with van der Waals surface area (Å²) in [5.74, 6) is 0. The topological polar surface area (TPSA) is 58.6 Å². The molecule has 1 aromatic carbocycles. The Kier molecular flexibility index (Phi) is 7.32. The van der Waals surface area contributed by atoms with E-state index in [2.05, 4.69) is 5.32 Å². The van der Waals surface area contributed by atoms with Crippen LogP contribution in [0.2, 0.25) is 0 Å². The van der Waals surface area contributed by atoms with Crippen LogP contribution in [0, 0.1) is 0 Å². The molecule has 0 aliphatic heterocycles. The average Bonchev–Trinajstić information content (AvgIpc) is 2.41. The maximum absolute atomic E-state index is 11.3. The van der Waals surface area contributed by atoms with E-state index in [0.29, 0.717) is 0 Å². The highest BCUT2D eigenvalue weighted by atomic mass is 16.5. The standard InChI is InChI=1S/C14H19NO3/c16-11-7-2-1-6-10-15-14(17)18-12-13-8-4-3-5-9-13/h3-6,8-10,16H,1-2,7,11-12H2,(H,15,17). The highest BCUT2D eigenvalue weighted by molar-refractivity contribution is 5.68. The summed E-state index contributed by atoms with van der Waals surface area (Å²) in [7, 11) is 0. The van der Waals surface area contributed by atoms with Crippen molar-refractivity contribution in [3.8, 4) is 0 Å². The number of carbonyl (C=O) groups is 1. The minimum Gasteiger partial charge on any atom is -0.444 e. The lowest BCUT2D eigenvalue weighted by Gasteiger charge is -2.03. The molecule has 1 aromatic rings. The largest absolute Gasteiger partial charge is 0.444 e. The van der Waals surface area contributed by atoms with Gasteiger partial charge >= 0.3 is 6.09 Å². The maximum atomic E-state index is 11.3. The van der Waals surface area contributed by atoms with Gasteiger partial charge in [0.2, 0.25) is 0 Å². The third-order valence-corrected chi connectivity index (χ3v) is 2.31. The Morgan fingerprint density at radius 2 is 2.06 bits per heavy atom. The smallest absolute Gasteiger partial charge is 0.411 e. The average molecular weight is 249 g/mol. The molecule has 4 nitrogen and oxygen atoms in total. The van der Waals surface area contributed by atoms with Crippen molar-refractivity contribution >= 4 is 6.09 Å². The molecule has 2 N–H and O–H groups in total. The molecule has 0 unspecified atom stereocenters. The zero-order chi connectivity index (χ0) is 13.1. The second kappa shape index (κ2) is 9.24. The number of unbranched alkanes of at least 4 members (excludes halogenated alkanes) is 2. The number of nitrogens with one attached hydrogen (secondary N) is 1. The Hall–Kier alpha value is -1.81. The number of allylic oxidation sites excluding steroid dienone is 1. The summed E-state index contributed by atoms with van der Waals surface area (Å²) in [5.41, 5.74) is 0.958. The predicted octanol–water partition coefficient (Wildman–Crippen LogP) is 2.59. The summed E-state index contributed by atoms with van der Waals surface area (Å²) >= 11 is 0. The summed E-state index contributed by atoms with van der Waals surface area (Å²) in [5, 5.41) is 11.1. The number of rotatable bonds is 7. The first-order chi connectivity index (χ1) is 8.83. The Balaban J connectivity index is 2.10. The van der Waals surface area contributed by atoms with E-state index in [0.717, 1.165) is 24.8 Å². The third-order valence-electron chi connectivity index (χ3n) is 2.31. The number of hydrogen-bond acceptors (Lipinski definition) is 3. The van der Waals surface area contributed by atoms with Crippen molar-refractivity contribution < 1.29 is 14.6 Å². The lowest BCUT2D eigenvalue weighted by atomic mass is 10.2. The van der Waals surface area contributed by atoms with Gasteiger partial charge in [0.25, 0.3) is 0 Å². The van der Waals surface area contributed by atoms with E-state index in [9.17, 15) is 4.79 Å². The van der Waals surface area contributed by atoms with E-state index in [1.807, 2.05) is 36.4 Å². The van der Waals surface area contributed by atoms with Crippen molar-refractivity contribution in [2.45, 2.75) is 25.9 Å². The zero-order valence-electron chi connectivity index (χ0n) is 10.3. The summed E-state index contributed by atoms with van der Waals surface area (Å²) in [6, 6.07) is 9.52. The molecule has 0 fully saturated rings. The lowest BCUT2D eigenvalue weighted by molar-refractivity contribution is 0.143. The van der Waals surface area contributed by atoms with Crippen LogP contribution in [0.5, 0.6) is 0 Å². The Labute approximate surface area is 107 Å². The second-order valence-corrected chi connectivity index (χ2v) is 3.83. The summed E-state index contributed by atoms with van der Waals surface area (Å²) < 4.78 is 5.01. The zero-order valence-corrected chi connectivity index (χ0v) is 10.3. The summed E-state index contributed by atoms with van der Waals surface area (Å²) in [6.45, 7) is 0.478. The summed E-state index contributed by atoms with van der Waals surface area (Å²) in [4.78, 5) is 11.3. The SMILES string of the molecule is O=C(NC=CCCCCO)OCc1ccccc1. The Morgan fingerprint density at radius 1 is 1.28 bits per heavy atom. The third kappa shape index (κ3) is 6.70. The van der Waals surface area contributed by atoms with Crippen molar-refractivity contribution in [1.29, 1.82) is 0 Å². The van der Waals surface area contributed by atoms with E-state index in [1.165, 1.54) is 0 Å². The highest BCUT2D eigenvalue weighted by Crippen LogP contribution is 2.00. The number of alkyl carbamates (subject to hydrolysis) is 1. The lowest BCUT2D eigenvalue weighted by Crippen LogP contribution is -2.18. The van der Waals surface area contributed by atoms with Crippen molar-refractivity contribution in [3.63, 3.8) is 0 Å². The number of ether oxygens (including phenoxy) is 1. The Bertz CT molecular complexity index is 363. The van der Waals surface area contributed by atoms with Gasteiger partial charge in [0.1, 0.15) is 6.61 Å². The molecule has 0 atom stereocenters. The first kappa shape index (κ1) is 14.3. The van der Waals surface area contributed by atoms with E-state index in [-0.39, 0.29) is 13.2 Å². The molecular weight excluding hydrogens is 230 g/mol. The molecule has 98 valence electrons. The van der Waals surface area contributed by atoms with Crippen LogP contribution in [0.25, 0.3) is 0 Å². The van der Waals surface area contributed by atoms with Gasteiger partial charge in [-0.1, -0.05) is 36.4 Å². The molecule has 0 saturated heterocycles. The fourth-order valence-corrected chi connectivity index (χ4v) is 1.35. The monoisotopic (exact) mass is 249 g/mol. The van der Waals surface area contributed by atoms with Gasteiger partial charge < -0.3 is 9.84 Å². The number of aliphatic hydroxyl groups excluding tert-OH is 1. The van der Waals surface area contributed by atoms with Crippen LogP contribution >= 0.6 is 0 Å². The minimum absolute atomic E-state index is 0.209. The molecule has 0 aliphatic carbocycles. The van der Waals surface area contributed by atoms with Crippen LogP contribution in [0.3, 0.4) is 0 Å². The number of hydrogen-bond donors (Lipinski definition) is 2. The molecule has 0 aromatic heterocycles. The first-order valence-corrected chi connectivity index (χ1v) is 6.06. The van der Waals surface area contributed by atoms with E-state index >= 15 is 0 Å². The van der Waals surface area contributed by atoms with Gasteiger partial charge in [-0.05, 0) is 24.8 Å². The molecular formula is C14H19NO3. The van der Waals surface area contributed by atoms with Gasteiger partial charge in [0, 0.05) is 12.8 Å². The molecule has 0 saturated carbocycles. The molecule has 18 heavy (non-hydrogen) atoms. The van der Waals surface area contributed by atoms with E-state index in [1.54, 1.807) is 6.20 Å². The van der Waals surface area contributed by atoms with Crippen LogP contribution in [0.1, 0.15) is 24.8 Å². The van der Waals surface area contributed by atoms with Crippen LogP contribution in [0.4, 0.5) is 4.79 Å². The van der Waals surface area contributed by atoms with Gasteiger partial charge in [-0.2, -0.15) is 0 Å². The Morgan fingerprint density at radius 3 is 2.78 bits per heavy atom. The first-order valence-electron chi connectivity index (χ1n) is 6.06. The number of benzene rings is 1. The highest BCUT2D eigenvalue weighted by Gasteiger charge is 1.98. The van der Waals surface area contributed by atoms with Crippen molar-refractivity contribution in [2.75, 3.05) is 6.61 Å². The molecule has 1 rings (SSSR count). The fourth-order valence-electron chi connectivity index (χ4n) is 1.35. The minimum atomic E-state index is -0.461. The molecule has 0 aliphatic rings. The molecule has 0 bridgehead atoms. The van der Waals surface area contributed by atoms with Gasteiger partial charge in [0.05, 0.1) is 0 Å². The van der Waals surface area contributed by atoms with Crippen LogP contribution in [-0.2, 0) is 11.3 Å². The molecule has 0 spiro atoms. The molecule has 0 heterocycles. The number of amides is 1. The second-order valence-electron chi connectivity index (χ2n) is 3.83. The molecule has 4 heteroatoms. The van der Waals surface area contributed by atoms with Gasteiger partial charge in [-0.15, -0.1) is 0 Å². The van der Waals surface area contributed by atoms with Gasteiger partial charge in [0.15, 0.2) is 0 Å². The van der Waals surface area contributed by atoms with Crippen LogP contribution < -0.4 is 5.32 Å². The van der Waals surface area contributed by atoms with Gasteiger partial charge in [-0.25, -0.2) is 4.79 Å². The van der Waals surface area contributed by atoms with Crippen molar-refractivity contribution in [2.24, 2.45) is 0 Å². The van der Waals surface area contributed by atoms with Crippen LogP contribution in [-0.4, -0.2) is 17.8 Å². The molecule has 1 amide bonds.